The molecule has 1 N–H and O–H groups in total. The summed E-state index contributed by atoms with van der Waals surface area (Å²) in [6.45, 7) is 0. The van der Waals surface area contributed by atoms with Crippen molar-refractivity contribution >= 4 is 23.3 Å². The maximum Gasteiger partial charge on any atom is 0.292 e. The second-order valence-electron chi connectivity index (χ2n) is 2.77. The van der Waals surface area contributed by atoms with E-state index in [-0.39, 0.29) is 11.7 Å². The van der Waals surface area contributed by atoms with Gasteiger partial charge in [0.05, 0.1) is 11.0 Å². The van der Waals surface area contributed by atoms with Crippen molar-refractivity contribution in [2.75, 3.05) is 0 Å². The van der Waals surface area contributed by atoms with Crippen molar-refractivity contribution < 1.29 is 9.59 Å². The van der Waals surface area contributed by atoms with Crippen molar-refractivity contribution in [1.82, 2.24) is 5.32 Å². The minimum absolute atomic E-state index is 0.352. The Hall–Kier alpha value is -1.09. The third-order valence-electron chi connectivity index (χ3n) is 2.03. The predicted molar refractivity (Wildman–Crippen MR) is 43.3 cm³/mol. The van der Waals surface area contributed by atoms with Gasteiger partial charge in [0.25, 0.3) is 5.91 Å². The smallest absolute Gasteiger partial charge is 0.292 e. The summed E-state index contributed by atoms with van der Waals surface area (Å²) in [4.78, 5) is 22.1. The molecule has 0 bridgehead atoms. The van der Waals surface area contributed by atoms with Crippen molar-refractivity contribution in [1.29, 1.82) is 0 Å². The van der Waals surface area contributed by atoms with Crippen molar-refractivity contribution in [3.8, 4) is 0 Å². The minimum Gasteiger partial charge on any atom is -0.321 e. The van der Waals surface area contributed by atoms with Gasteiger partial charge in [0, 0.05) is 5.70 Å². The number of fused-ring (bicyclic) bond motifs is 1. The fraction of sp³-hybridized carbons (Fsp3) is 0.250. The monoisotopic (exact) mass is 183 g/mol. The average Bonchev–Trinajstić information content (AvgIpc) is 2.32. The van der Waals surface area contributed by atoms with Crippen LogP contribution in [0.5, 0.6) is 0 Å². The average molecular weight is 184 g/mol. The van der Waals surface area contributed by atoms with Gasteiger partial charge in [-0.15, -0.1) is 0 Å². The second kappa shape index (κ2) is 2.45. The van der Waals surface area contributed by atoms with Gasteiger partial charge in [0.15, 0.2) is 0 Å². The Morgan fingerprint density at radius 2 is 2.25 bits per heavy atom. The zero-order valence-electron chi connectivity index (χ0n) is 6.13. The Morgan fingerprint density at radius 1 is 1.50 bits per heavy atom. The molecule has 2 aliphatic rings. The van der Waals surface area contributed by atoms with E-state index in [0.717, 1.165) is 0 Å². The van der Waals surface area contributed by atoms with Crippen LogP contribution in [0.25, 0.3) is 0 Å². The number of carbonyl (C=O) groups excluding carboxylic acids is 2. The van der Waals surface area contributed by atoms with Gasteiger partial charge in [-0.2, -0.15) is 0 Å². The molecule has 1 fully saturated rings. The molecule has 0 aromatic rings. The molecule has 1 atom stereocenters. The van der Waals surface area contributed by atoms with E-state index >= 15 is 0 Å². The third kappa shape index (κ3) is 0.898. The van der Waals surface area contributed by atoms with Gasteiger partial charge >= 0.3 is 0 Å². The number of nitrogens with one attached hydrogen (secondary N) is 1. The predicted octanol–water partition coefficient (Wildman–Crippen LogP) is 0.712. The zero-order valence-corrected chi connectivity index (χ0v) is 6.89. The van der Waals surface area contributed by atoms with Crippen LogP contribution in [-0.2, 0) is 9.59 Å². The van der Waals surface area contributed by atoms with E-state index in [2.05, 4.69) is 5.32 Å². The van der Waals surface area contributed by atoms with Crippen molar-refractivity contribution in [3.05, 3.63) is 22.9 Å². The van der Waals surface area contributed by atoms with Crippen LogP contribution in [0.2, 0.25) is 0 Å². The molecule has 62 valence electrons. The highest BCUT2D eigenvalue weighted by molar-refractivity contribution is 6.42. The number of carbonyl (C=O) groups is 2. The molecule has 1 heterocycles. The van der Waals surface area contributed by atoms with Gasteiger partial charge in [-0.1, -0.05) is 17.7 Å². The van der Waals surface area contributed by atoms with Crippen LogP contribution in [-0.4, -0.2) is 11.7 Å². The summed E-state index contributed by atoms with van der Waals surface area (Å²) in [6, 6.07) is 0. The number of amides is 1. The first-order valence-corrected chi connectivity index (χ1v) is 3.99. The molecular weight excluding hydrogens is 178 g/mol. The fourth-order valence-electron chi connectivity index (χ4n) is 1.41. The topological polar surface area (TPSA) is 46.2 Å². The lowest BCUT2D eigenvalue weighted by Gasteiger charge is -2.11. The molecule has 1 aliphatic carbocycles. The SMILES string of the molecule is O=C1NC2=C(Cl)C=CCC2C1=O. The summed E-state index contributed by atoms with van der Waals surface area (Å²) >= 11 is 5.77. The minimum atomic E-state index is -0.545. The van der Waals surface area contributed by atoms with Gasteiger partial charge in [-0.05, 0) is 12.5 Å². The molecule has 0 saturated carbocycles. The number of allylic oxidation sites excluding steroid dienone is 4. The van der Waals surface area contributed by atoms with Gasteiger partial charge in [0.2, 0.25) is 5.78 Å². The van der Waals surface area contributed by atoms with Gasteiger partial charge in [0.1, 0.15) is 0 Å². The molecule has 1 unspecified atom stereocenters. The molecule has 0 radical (unpaired) electrons. The molecule has 3 nitrogen and oxygen atoms in total. The maximum absolute atomic E-state index is 11.1. The molecule has 1 aliphatic heterocycles. The van der Waals surface area contributed by atoms with Crippen LogP contribution >= 0.6 is 11.6 Å². The number of halogens is 1. The summed E-state index contributed by atoms with van der Waals surface area (Å²) in [7, 11) is 0. The zero-order chi connectivity index (χ0) is 8.72. The van der Waals surface area contributed by atoms with Crippen LogP contribution in [0.3, 0.4) is 0 Å². The van der Waals surface area contributed by atoms with Gasteiger partial charge in [-0.25, -0.2) is 0 Å². The van der Waals surface area contributed by atoms with Crippen LogP contribution in [0, 0.1) is 5.92 Å². The van der Waals surface area contributed by atoms with Crippen molar-refractivity contribution in [3.63, 3.8) is 0 Å². The van der Waals surface area contributed by atoms with E-state index in [4.69, 9.17) is 11.6 Å². The highest BCUT2D eigenvalue weighted by Crippen LogP contribution is 2.30. The van der Waals surface area contributed by atoms with E-state index in [1.807, 2.05) is 0 Å². The Morgan fingerprint density at radius 3 is 2.92 bits per heavy atom. The van der Waals surface area contributed by atoms with Gasteiger partial charge < -0.3 is 5.32 Å². The molecular formula is C8H6ClNO2. The van der Waals surface area contributed by atoms with E-state index in [1.54, 1.807) is 12.2 Å². The Labute approximate surface area is 74.1 Å². The first kappa shape index (κ1) is 7.55. The normalized spacial score (nSPS) is 27.6. The number of hydrogen-bond acceptors (Lipinski definition) is 2. The van der Waals surface area contributed by atoms with Gasteiger partial charge in [-0.3, -0.25) is 9.59 Å². The Bertz CT molecular complexity index is 330. The lowest BCUT2D eigenvalue weighted by Crippen LogP contribution is -2.18. The maximum atomic E-state index is 11.1. The number of Topliss-reactive ketones (excluding diaryl/α,β-unsaturated/α-hetero) is 1. The molecule has 1 amide bonds. The first-order chi connectivity index (χ1) is 5.70. The van der Waals surface area contributed by atoms with Crippen molar-refractivity contribution in [2.45, 2.75) is 6.42 Å². The van der Waals surface area contributed by atoms with Crippen LogP contribution in [0.15, 0.2) is 22.9 Å². The summed E-state index contributed by atoms with van der Waals surface area (Å²) in [5.74, 6) is -1.28. The number of ketones is 1. The molecule has 12 heavy (non-hydrogen) atoms. The van der Waals surface area contributed by atoms with Crippen LogP contribution < -0.4 is 5.32 Å². The van der Waals surface area contributed by atoms with E-state index in [1.165, 1.54) is 0 Å². The molecule has 2 rings (SSSR count). The highest BCUT2D eigenvalue weighted by Gasteiger charge is 2.38. The van der Waals surface area contributed by atoms with Crippen LogP contribution in [0.4, 0.5) is 0 Å². The van der Waals surface area contributed by atoms with E-state index < -0.39 is 5.91 Å². The first-order valence-electron chi connectivity index (χ1n) is 3.61. The fourth-order valence-corrected chi connectivity index (χ4v) is 1.68. The molecule has 0 aromatic carbocycles. The quantitative estimate of drug-likeness (QED) is 0.563. The third-order valence-corrected chi connectivity index (χ3v) is 2.36. The molecule has 4 heteroatoms. The molecule has 0 spiro atoms. The molecule has 1 saturated heterocycles. The summed E-state index contributed by atoms with van der Waals surface area (Å²) in [5.41, 5.74) is 0.564. The van der Waals surface area contributed by atoms with E-state index in [9.17, 15) is 9.59 Å². The summed E-state index contributed by atoms with van der Waals surface area (Å²) in [5, 5.41) is 2.93. The Kier molecular flexibility index (Phi) is 1.54. The highest BCUT2D eigenvalue weighted by atomic mass is 35.5. The number of rotatable bonds is 0. The lowest BCUT2D eigenvalue weighted by atomic mass is 9.96. The summed E-state index contributed by atoms with van der Waals surface area (Å²) in [6.07, 6.45) is 4.07. The standard InChI is InChI=1S/C8H6ClNO2/c9-5-3-1-2-4-6(5)10-8(12)7(4)11/h1,3-4H,2H2,(H,10,12). The molecule has 0 aromatic heterocycles. The number of hydrogen-bond donors (Lipinski definition) is 1. The second-order valence-corrected chi connectivity index (χ2v) is 3.18. The Balaban J connectivity index is 2.45. The van der Waals surface area contributed by atoms with E-state index in [0.29, 0.717) is 17.2 Å². The van der Waals surface area contributed by atoms with Crippen molar-refractivity contribution in [2.24, 2.45) is 5.92 Å². The largest absolute Gasteiger partial charge is 0.321 e. The van der Waals surface area contributed by atoms with Crippen LogP contribution in [0.1, 0.15) is 6.42 Å². The lowest BCUT2D eigenvalue weighted by molar-refractivity contribution is -0.136. The summed E-state index contributed by atoms with van der Waals surface area (Å²) < 4.78 is 0.